The van der Waals surface area contributed by atoms with Crippen LogP contribution < -0.4 is 15.8 Å². The second kappa shape index (κ2) is 8.13. The maximum Gasteiger partial charge on any atom is 0.276 e. The van der Waals surface area contributed by atoms with E-state index >= 15 is 0 Å². The number of anilines is 1. The molecule has 0 aliphatic carbocycles. The van der Waals surface area contributed by atoms with Gasteiger partial charge >= 0.3 is 0 Å². The van der Waals surface area contributed by atoms with Crippen molar-refractivity contribution in [2.45, 2.75) is 27.1 Å². The highest BCUT2D eigenvalue weighted by atomic mass is 35.5. The zero-order valence-corrected chi connectivity index (χ0v) is 16.1. The SMILES string of the molecule is CCn1cc(NC(=O)c2ccn(COc3cc(C)ccc3Cl)n2)c(C(N)=O)n1. The number of carbonyl (C=O) groups excluding carboxylic acids is 2. The molecule has 0 bridgehead atoms. The van der Waals surface area contributed by atoms with Gasteiger partial charge in [-0.25, -0.2) is 4.68 Å². The van der Waals surface area contributed by atoms with E-state index in [1.165, 1.54) is 21.6 Å². The molecular formula is C18H19ClN6O3. The number of aromatic nitrogens is 4. The van der Waals surface area contributed by atoms with Crippen molar-refractivity contribution in [1.29, 1.82) is 0 Å². The van der Waals surface area contributed by atoms with Crippen LogP contribution in [-0.2, 0) is 13.3 Å². The minimum Gasteiger partial charge on any atom is -0.470 e. The molecular weight excluding hydrogens is 384 g/mol. The molecule has 0 aliphatic rings. The van der Waals surface area contributed by atoms with Gasteiger partial charge in [0.2, 0.25) is 0 Å². The topological polar surface area (TPSA) is 117 Å². The smallest absolute Gasteiger partial charge is 0.276 e. The van der Waals surface area contributed by atoms with Crippen LogP contribution in [0.3, 0.4) is 0 Å². The average Bonchev–Trinajstić information content (AvgIpc) is 3.29. The zero-order chi connectivity index (χ0) is 20.3. The van der Waals surface area contributed by atoms with Gasteiger partial charge in [0.05, 0.1) is 10.7 Å². The van der Waals surface area contributed by atoms with Gasteiger partial charge < -0.3 is 15.8 Å². The van der Waals surface area contributed by atoms with Crippen molar-refractivity contribution >= 4 is 29.1 Å². The first-order chi connectivity index (χ1) is 13.4. The Morgan fingerprint density at radius 2 is 2.04 bits per heavy atom. The van der Waals surface area contributed by atoms with Crippen molar-refractivity contribution in [2.75, 3.05) is 5.32 Å². The van der Waals surface area contributed by atoms with Crippen LogP contribution in [0.25, 0.3) is 0 Å². The summed E-state index contributed by atoms with van der Waals surface area (Å²) in [5.41, 5.74) is 6.69. The van der Waals surface area contributed by atoms with Crippen LogP contribution in [0.5, 0.6) is 5.75 Å². The van der Waals surface area contributed by atoms with Gasteiger partial charge in [-0.05, 0) is 37.6 Å². The molecule has 2 heterocycles. The fourth-order valence-electron chi connectivity index (χ4n) is 2.45. The maximum atomic E-state index is 12.4. The number of nitrogens with two attached hydrogens (primary N) is 1. The summed E-state index contributed by atoms with van der Waals surface area (Å²) in [6, 6.07) is 6.98. The first-order valence-corrected chi connectivity index (χ1v) is 8.86. The van der Waals surface area contributed by atoms with Crippen LogP contribution in [0.1, 0.15) is 33.5 Å². The maximum absolute atomic E-state index is 12.4. The Kier molecular flexibility index (Phi) is 5.65. The third kappa shape index (κ3) is 4.32. The highest BCUT2D eigenvalue weighted by Gasteiger charge is 2.18. The second-order valence-electron chi connectivity index (χ2n) is 6.01. The van der Waals surface area contributed by atoms with Gasteiger partial charge in [0.1, 0.15) is 5.75 Å². The van der Waals surface area contributed by atoms with E-state index in [0.717, 1.165) is 5.56 Å². The highest BCUT2D eigenvalue weighted by Crippen LogP contribution is 2.25. The number of aryl methyl sites for hydroxylation is 2. The number of benzene rings is 1. The minimum atomic E-state index is -0.725. The van der Waals surface area contributed by atoms with Crippen molar-refractivity contribution in [1.82, 2.24) is 19.6 Å². The Bertz CT molecular complexity index is 1030. The molecule has 0 unspecified atom stereocenters. The lowest BCUT2D eigenvalue weighted by atomic mass is 10.2. The Morgan fingerprint density at radius 3 is 2.75 bits per heavy atom. The number of ether oxygens (including phenoxy) is 1. The molecule has 0 aliphatic heterocycles. The summed E-state index contributed by atoms with van der Waals surface area (Å²) in [7, 11) is 0. The van der Waals surface area contributed by atoms with E-state index in [4.69, 9.17) is 22.1 Å². The average molecular weight is 403 g/mol. The lowest BCUT2D eigenvalue weighted by molar-refractivity contribution is 0.0995. The Labute approximate surface area is 166 Å². The Hall–Kier alpha value is -3.33. The van der Waals surface area contributed by atoms with Crippen LogP contribution in [0.4, 0.5) is 5.69 Å². The van der Waals surface area contributed by atoms with Gasteiger partial charge in [0, 0.05) is 18.9 Å². The molecule has 0 saturated carbocycles. The number of carbonyl (C=O) groups is 2. The summed E-state index contributed by atoms with van der Waals surface area (Å²) >= 11 is 6.10. The van der Waals surface area contributed by atoms with Gasteiger partial charge in [0.15, 0.2) is 18.1 Å². The lowest BCUT2D eigenvalue weighted by Crippen LogP contribution is -2.18. The molecule has 2 aromatic heterocycles. The number of nitrogens with one attached hydrogen (secondary N) is 1. The summed E-state index contributed by atoms with van der Waals surface area (Å²) in [5.74, 6) is -0.691. The third-order valence-corrected chi connectivity index (χ3v) is 4.19. The predicted octanol–water partition coefficient (Wildman–Crippen LogP) is 2.45. The lowest BCUT2D eigenvalue weighted by Gasteiger charge is -2.08. The summed E-state index contributed by atoms with van der Waals surface area (Å²) < 4.78 is 8.61. The quantitative estimate of drug-likeness (QED) is 0.629. The monoisotopic (exact) mass is 402 g/mol. The first-order valence-electron chi connectivity index (χ1n) is 8.48. The number of hydrogen-bond acceptors (Lipinski definition) is 5. The molecule has 0 saturated heterocycles. The number of nitrogens with zero attached hydrogens (tertiary/aromatic N) is 4. The van der Waals surface area contributed by atoms with Gasteiger partial charge in [-0.2, -0.15) is 10.2 Å². The van der Waals surface area contributed by atoms with Crippen LogP contribution in [0.15, 0.2) is 36.7 Å². The number of primary amides is 1. The molecule has 0 spiro atoms. The fourth-order valence-corrected chi connectivity index (χ4v) is 2.63. The number of halogens is 1. The summed E-state index contributed by atoms with van der Waals surface area (Å²) in [6.45, 7) is 4.40. The molecule has 3 aromatic rings. The number of amides is 2. The van der Waals surface area contributed by atoms with E-state index in [1.54, 1.807) is 12.3 Å². The predicted molar refractivity (Wildman–Crippen MR) is 103 cm³/mol. The van der Waals surface area contributed by atoms with Crippen molar-refractivity contribution in [3.8, 4) is 5.75 Å². The molecule has 10 heteroatoms. The van der Waals surface area contributed by atoms with Crippen LogP contribution in [-0.4, -0.2) is 31.4 Å². The van der Waals surface area contributed by atoms with Crippen molar-refractivity contribution in [2.24, 2.45) is 5.73 Å². The molecule has 3 rings (SSSR count). The van der Waals surface area contributed by atoms with Gasteiger partial charge in [-0.1, -0.05) is 17.7 Å². The van der Waals surface area contributed by atoms with E-state index < -0.39 is 11.8 Å². The van der Waals surface area contributed by atoms with Gasteiger partial charge in [-0.15, -0.1) is 0 Å². The van der Waals surface area contributed by atoms with E-state index in [9.17, 15) is 9.59 Å². The summed E-state index contributed by atoms with van der Waals surface area (Å²) in [6.07, 6.45) is 3.14. The zero-order valence-electron chi connectivity index (χ0n) is 15.3. The molecule has 0 fully saturated rings. The minimum absolute atomic E-state index is 0.00736. The Morgan fingerprint density at radius 1 is 1.25 bits per heavy atom. The van der Waals surface area contributed by atoms with Gasteiger partial charge in [0.25, 0.3) is 11.8 Å². The van der Waals surface area contributed by atoms with E-state index in [0.29, 0.717) is 17.3 Å². The largest absolute Gasteiger partial charge is 0.470 e. The normalized spacial score (nSPS) is 10.7. The summed E-state index contributed by atoms with van der Waals surface area (Å²) in [5, 5.41) is 11.3. The summed E-state index contributed by atoms with van der Waals surface area (Å²) in [4.78, 5) is 23.9. The van der Waals surface area contributed by atoms with Crippen molar-refractivity contribution < 1.29 is 14.3 Å². The van der Waals surface area contributed by atoms with Crippen LogP contribution in [0.2, 0.25) is 5.02 Å². The van der Waals surface area contributed by atoms with E-state index in [-0.39, 0.29) is 23.8 Å². The number of rotatable bonds is 7. The second-order valence-corrected chi connectivity index (χ2v) is 6.42. The molecule has 0 radical (unpaired) electrons. The molecule has 3 N–H and O–H groups in total. The van der Waals surface area contributed by atoms with Crippen molar-refractivity contribution in [3.05, 3.63) is 58.6 Å². The van der Waals surface area contributed by atoms with Crippen LogP contribution in [0, 0.1) is 6.92 Å². The molecule has 9 nitrogen and oxygen atoms in total. The molecule has 2 amide bonds. The van der Waals surface area contributed by atoms with E-state index in [1.807, 2.05) is 26.0 Å². The molecule has 146 valence electrons. The van der Waals surface area contributed by atoms with Crippen molar-refractivity contribution in [3.63, 3.8) is 0 Å². The fraction of sp³-hybridized carbons (Fsp3) is 0.222. The highest BCUT2D eigenvalue weighted by molar-refractivity contribution is 6.32. The number of hydrogen-bond donors (Lipinski definition) is 2. The molecule has 28 heavy (non-hydrogen) atoms. The van der Waals surface area contributed by atoms with Crippen LogP contribution >= 0.6 is 11.6 Å². The molecule has 1 aromatic carbocycles. The molecule has 0 atom stereocenters. The standard InChI is InChI=1S/C18H19ClN6O3/c1-3-24-9-14(16(23-24)17(20)26)21-18(27)13-6-7-25(22-13)10-28-15-8-11(2)4-5-12(15)19/h4-9H,3,10H2,1-2H3,(H2,20,26)(H,21,27). The third-order valence-electron chi connectivity index (χ3n) is 3.88. The van der Waals surface area contributed by atoms with Gasteiger partial charge in [-0.3, -0.25) is 14.3 Å². The van der Waals surface area contributed by atoms with E-state index in [2.05, 4.69) is 15.5 Å². The Balaban J connectivity index is 1.68. The first kappa shape index (κ1) is 19.4.